The van der Waals surface area contributed by atoms with E-state index in [4.69, 9.17) is 16.9 Å². The molecule has 2 N–H and O–H groups in total. The molecule has 0 saturated carbocycles. The van der Waals surface area contributed by atoms with E-state index in [1.807, 2.05) is 0 Å². The first-order chi connectivity index (χ1) is 5.83. The molecule has 0 spiro atoms. The summed E-state index contributed by atoms with van der Waals surface area (Å²) in [6.45, 7) is 0.479. The number of hydrogen-bond acceptors (Lipinski definition) is 3. The topological polar surface area (TPSA) is 48.1 Å². The van der Waals surface area contributed by atoms with E-state index in [1.165, 1.54) is 0 Å². The highest BCUT2D eigenvalue weighted by Crippen LogP contribution is 2.08. The number of nitrogens with two attached hydrogens (primary N) is 1. The summed E-state index contributed by atoms with van der Waals surface area (Å²) in [4.78, 5) is 3.93. The van der Waals surface area contributed by atoms with E-state index in [1.54, 1.807) is 18.2 Å². The zero-order chi connectivity index (χ0) is 8.81. The fourth-order valence-electron chi connectivity index (χ4n) is 0.726. The highest BCUT2D eigenvalue weighted by Gasteiger charge is 1.93. The average molecular weight is 162 g/mol. The molecular formula is C9H10N2O. The van der Waals surface area contributed by atoms with Crippen LogP contribution in [0.2, 0.25) is 0 Å². The molecule has 0 aliphatic carbocycles. The lowest BCUT2D eigenvalue weighted by Gasteiger charge is -2.02. The van der Waals surface area contributed by atoms with Crippen molar-refractivity contribution in [2.24, 2.45) is 0 Å². The van der Waals surface area contributed by atoms with Crippen LogP contribution in [-0.4, -0.2) is 11.6 Å². The maximum absolute atomic E-state index is 5.43. The SMILES string of the molecule is C#CCCOc1cccc(N)n1. The second-order valence-corrected chi connectivity index (χ2v) is 2.20. The van der Waals surface area contributed by atoms with Gasteiger partial charge in [0.25, 0.3) is 0 Å². The van der Waals surface area contributed by atoms with Gasteiger partial charge in [-0.2, -0.15) is 4.98 Å². The van der Waals surface area contributed by atoms with Gasteiger partial charge in [-0.3, -0.25) is 0 Å². The van der Waals surface area contributed by atoms with Gasteiger partial charge in [0.2, 0.25) is 5.88 Å². The van der Waals surface area contributed by atoms with Crippen LogP contribution in [0.1, 0.15) is 6.42 Å². The molecule has 0 aliphatic rings. The van der Waals surface area contributed by atoms with Gasteiger partial charge in [0.05, 0.1) is 0 Å². The second-order valence-electron chi connectivity index (χ2n) is 2.20. The number of nitrogens with zero attached hydrogens (tertiary/aromatic N) is 1. The molecule has 0 unspecified atom stereocenters. The zero-order valence-corrected chi connectivity index (χ0v) is 6.66. The lowest BCUT2D eigenvalue weighted by atomic mass is 10.4. The van der Waals surface area contributed by atoms with Crippen LogP contribution < -0.4 is 10.5 Å². The molecule has 0 radical (unpaired) electrons. The molecule has 0 bridgehead atoms. The highest BCUT2D eigenvalue weighted by molar-refractivity contribution is 5.31. The largest absolute Gasteiger partial charge is 0.477 e. The summed E-state index contributed by atoms with van der Waals surface area (Å²) in [5.74, 6) is 3.44. The smallest absolute Gasteiger partial charge is 0.215 e. The lowest BCUT2D eigenvalue weighted by molar-refractivity contribution is 0.315. The molecule has 1 rings (SSSR count). The van der Waals surface area contributed by atoms with Crippen molar-refractivity contribution in [3.63, 3.8) is 0 Å². The fourth-order valence-corrected chi connectivity index (χ4v) is 0.726. The summed E-state index contributed by atoms with van der Waals surface area (Å²) in [6.07, 6.45) is 5.63. The van der Waals surface area contributed by atoms with Crippen molar-refractivity contribution in [1.82, 2.24) is 4.98 Å². The third kappa shape index (κ3) is 2.51. The Labute approximate surface area is 71.6 Å². The Kier molecular flexibility index (Phi) is 2.97. The van der Waals surface area contributed by atoms with Crippen LogP contribution in [0.3, 0.4) is 0 Å². The monoisotopic (exact) mass is 162 g/mol. The van der Waals surface area contributed by atoms with Gasteiger partial charge in [0.1, 0.15) is 12.4 Å². The summed E-state index contributed by atoms with van der Waals surface area (Å²) in [5.41, 5.74) is 5.43. The van der Waals surface area contributed by atoms with Crippen LogP contribution in [0.5, 0.6) is 5.88 Å². The highest BCUT2D eigenvalue weighted by atomic mass is 16.5. The van der Waals surface area contributed by atoms with Crippen molar-refractivity contribution in [3.05, 3.63) is 18.2 Å². The number of ether oxygens (including phenoxy) is 1. The molecule has 0 aliphatic heterocycles. The summed E-state index contributed by atoms with van der Waals surface area (Å²) in [5, 5.41) is 0. The molecule has 0 fully saturated rings. The molecule has 62 valence electrons. The minimum absolute atomic E-state index is 0.452. The number of aromatic nitrogens is 1. The van der Waals surface area contributed by atoms with Gasteiger partial charge >= 0.3 is 0 Å². The first-order valence-corrected chi connectivity index (χ1v) is 3.61. The Morgan fingerprint density at radius 3 is 3.08 bits per heavy atom. The summed E-state index contributed by atoms with van der Waals surface area (Å²) in [7, 11) is 0. The van der Waals surface area contributed by atoms with Gasteiger partial charge in [-0.1, -0.05) is 6.07 Å². The number of hydrogen-bond donors (Lipinski definition) is 1. The van der Waals surface area contributed by atoms with Crippen LogP contribution in [0, 0.1) is 12.3 Å². The molecule has 1 heterocycles. The first-order valence-electron chi connectivity index (χ1n) is 3.61. The molecule has 3 nitrogen and oxygen atoms in total. The number of nitrogen functional groups attached to an aromatic ring is 1. The summed E-state index contributed by atoms with van der Waals surface area (Å²) >= 11 is 0. The van der Waals surface area contributed by atoms with Gasteiger partial charge in [0, 0.05) is 12.5 Å². The molecule has 0 saturated heterocycles. The fraction of sp³-hybridized carbons (Fsp3) is 0.222. The third-order valence-corrected chi connectivity index (χ3v) is 1.24. The van der Waals surface area contributed by atoms with Crippen molar-refractivity contribution < 1.29 is 4.74 Å². The van der Waals surface area contributed by atoms with Crippen LogP contribution in [0.4, 0.5) is 5.82 Å². The molecular weight excluding hydrogens is 152 g/mol. The van der Waals surface area contributed by atoms with E-state index in [0.717, 1.165) is 0 Å². The van der Waals surface area contributed by atoms with Gasteiger partial charge in [-0.15, -0.1) is 12.3 Å². The van der Waals surface area contributed by atoms with Crippen molar-refractivity contribution in [1.29, 1.82) is 0 Å². The Bertz CT molecular complexity index is 291. The second kappa shape index (κ2) is 4.24. The first kappa shape index (κ1) is 8.41. The van der Waals surface area contributed by atoms with E-state index in [-0.39, 0.29) is 0 Å². The van der Waals surface area contributed by atoms with Crippen LogP contribution >= 0.6 is 0 Å². The van der Waals surface area contributed by atoms with Crippen molar-refractivity contribution >= 4 is 5.82 Å². The van der Waals surface area contributed by atoms with E-state index < -0.39 is 0 Å². The predicted octanol–water partition coefficient (Wildman–Crippen LogP) is 1.07. The maximum Gasteiger partial charge on any atom is 0.215 e. The molecule has 3 heteroatoms. The molecule has 1 aromatic heterocycles. The molecule has 0 aromatic carbocycles. The van der Waals surface area contributed by atoms with Gasteiger partial charge < -0.3 is 10.5 Å². The maximum atomic E-state index is 5.43. The molecule has 0 atom stereocenters. The average Bonchev–Trinajstić information content (AvgIpc) is 2.05. The Hall–Kier alpha value is -1.69. The zero-order valence-electron chi connectivity index (χ0n) is 6.66. The lowest BCUT2D eigenvalue weighted by Crippen LogP contribution is -1.99. The van der Waals surface area contributed by atoms with Gasteiger partial charge in [-0.05, 0) is 6.07 Å². The standard InChI is InChI=1S/C9H10N2O/c1-2-3-7-12-9-6-4-5-8(10)11-9/h1,4-6H,3,7H2,(H2,10,11). The predicted molar refractivity (Wildman–Crippen MR) is 47.6 cm³/mol. The quantitative estimate of drug-likeness (QED) is 0.534. The number of pyridine rings is 1. The van der Waals surface area contributed by atoms with Gasteiger partial charge in [0.15, 0.2) is 0 Å². The Morgan fingerprint density at radius 2 is 2.42 bits per heavy atom. The van der Waals surface area contributed by atoms with Gasteiger partial charge in [-0.25, -0.2) is 0 Å². The van der Waals surface area contributed by atoms with Crippen molar-refractivity contribution in [2.45, 2.75) is 6.42 Å². The normalized spacial score (nSPS) is 8.92. The third-order valence-electron chi connectivity index (χ3n) is 1.24. The summed E-state index contributed by atoms with van der Waals surface area (Å²) in [6, 6.07) is 5.23. The van der Waals surface area contributed by atoms with Crippen LogP contribution in [-0.2, 0) is 0 Å². The minimum Gasteiger partial charge on any atom is -0.477 e. The molecule has 12 heavy (non-hydrogen) atoms. The number of anilines is 1. The molecule has 1 aromatic rings. The van der Waals surface area contributed by atoms with Crippen LogP contribution in [0.25, 0.3) is 0 Å². The van der Waals surface area contributed by atoms with Crippen LogP contribution in [0.15, 0.2) is 18.2 Å². The van der Waals surface area contributed by atoms with Crippen molar-refractivity contribution in [3.8, 4) is 18.2 Å². The molecule has 0 amide bonds. The number of terminal acetylenes is 1. The minimum atomic E-state index is 0.452. The van der Waals surface area contributed by atoms with E-state index in [9.17, 15) is 0 Å². The number of rotatable bonds is 3. The summed E-state index contributed by atoms with van der Waals surface area (Å²) < 4.78 is 5.19. The van der Waals surface area contributed by atoms with E-state index >= 15 is 0 Å². The Morgan fingerprint density at radius 1 is 1.58 bits per heavy atom. The Balaban J connectivity index is 2.48. The van der Waals surface area contributed by atoms with E-state index in [0.29, 0.717) is 24.7 Å². The van der Waals surface area contributed by atoms with Crippen molar-refractivity contribution in [2.75, 3.05) is 12.3 Å². The van der Waals surface area contributed by atoms with E-state index in [2.05, 4.69) is 10.9 Å².